The number of amides is 1. The molecule has 2 rings (SSSR count). The van der Waals surface area contributed by atoms with Crippen LogP contribution in [0, 0.1) is 11.7 Å². The van der Waals surface area contributed by atoms with Gasteiger partial charge in [-0.2, -0.15) is 10.1 Å². The van der Waals surface area contributed by atoms with Gasteiger partial charge in [0.05, 0.1) is 12.1 Å². The summed E-state index contributed by atoms with van der Waals surface area (Å²) in [5.74, 6) is -0.542. The molecule has 0 saturated heterocycles. The minimum atomic E-state index is -0.532. The summed E-state index contributed by atoms with van der Waals surface area (Å²) in [4.78, 5) is 15.6. The molecule has 0 aliphatic carbocycles. The second-order valence-corrected chi connectivity index (χ2v) is 4.09. The van der Waals surface area contributed by atoms with Crippen LogP contribution < -0.4 is 5.01 Å². The number of hydrogen-bond acceptors (Lipinski definition) is 3. The average Bonchev–Trinajstić information content (AvgIpc) is 2.71. The molecule has 1 aliphatic heterocycles. The minimum Gasteiger partial charge on any atom is -0.272 e. The summed E-state index contributed by atoms with van der Waals surface area (Å²) in [7, 11) is 0. The van der Waals surface area contributed by atoms with Crippen LogP contribution in [0.1, 0.15) is 26.7 Å². The number of aromatic nitrogens is 1. The number of pyridine rings is 1. The van der Waals surface area contributed by atoms with Gasteiger partial charge in [-0.05, 0) is 24.5 Å². The van der Waals surface area contributed by atoms with Crippen molar-refractivity contribution < 1.29 is 9.18 Å². The van der Waals surface area contributed by atoms with E-state index in [-0.39, 0.29) is 24.1 Å². The monoisotopic (exact) mass is 235 g/mol. The number of hydrazone groups is 1. The summed E-state index contributed by atoms with van der Waals surface area (Å²) in [6.07, 6.45) is 2.61. The van der Waals surface area contributed by atoms with Gasteiger partial charge in [-0.15, -0.1) is 0 Å². The zero-order chi connectivity index (χ0) is 12.4. The summed E-state index contributed by atoms with van der Waals surface area (Å²) < 4.78 is 13.5. The van der Waals surface area contributed by atoms with Crippen LogP contribution in [0.3, 0.4) is 0 Å². The zero-order valence-electron chi connectivity index (χ0n) is 9.85. The van der Waals surface area contributed by atoms with Gasteiger partial charge in [0.2, 0.25) is 0 Å². The van der Waals surface area contributed by atoms with E-state index in [4.69, 9.17) is 0 Å². The number of nitrogens with zero attached hydrogens (tertiary/aromatic N) is 3. The fourth-order valence-corrected chi connectivity index (χ4v) is 1.66. The van der Waals surface area contributed by atoms with E-state index in [9.17, 15) is 9.18 Å². The standard InChI is InChI=1S/C12H14FN3O/c1-3-8(2)10-7-11(17)16(15-10)12-9(13)5-4-6-14-12/h4-6,8H,3,7H2,1-2H3. The molecule has 17 heavy (non-hydrogen) atoms. The summed E-state index contributed by atoms with van der Waals surface area (Å²) >= 11 is 0. The molecule has 0 saturated carbocycles. The second-order valence-electron chi connectivity index (χ2n) is 4.09. The molecule has 1 aliphatic rings. The van der Waals surface area contributed by atoms with Crippen LogP contribution in [0.2, 0.25) is 0 Å². The van der Waals surface area contributed by atoms with Crippen LogP contribution in [0.25, 0.3) is 0 Å². The van der Waals surface area contributed by atoms with Crippen LogP contribution in [0.15, 0.2) is 23.4 Å². The lowest BCUT2D eigenvalue weighted by Crippen LogP contribution is -2.21. The van der Waals surface area contributed by atoms with Crippen molar-refractivity contribution in [3.8, 4) is 0 Å². The van der Waals surface area contributed by atoms with Crippen LogP contribution in [0.5, 0.6) is 0 Å². The van der Waals surface area contributed by atoms with Crippen molar-refractivity contribution >= 4 is 17.4 Å². The van der Waals surface area contributed by atoms with E-state index in [0.717, 1.165) is 17.1 Å². The molecule has 1 aromatic rings. The third kappa shape index (κ3) is 2.18. The van der Waals surface area contributed by atoms with Gasteiger partial charge in [0.25, 0.3) is 5.91 Å². The number of carbonyl (C=O) groups is 1. The highest BCUT2D eigenvalue weighted by Crippen LogP contribution is 2.23. The lowest BCUT2D eigenvalue weighted by molar-refractivity contribution is -0.117. The minimum absolute atomic E-state index is 0.0178. The maximum atomic E-state index is 13.5. The van der Waals surface area contributed by atoms with Gasteiger partial charge in [0.1, 0.15) is 0 Å². The van der Waals surface area contributed by atoms with E-state index < -0.39 is 5.82 Å². The molecule has 1 atom stereocenters. The molecule has 1 unspecified atom stereocenters. The highest BCUT2D eigenvalue weighted by Gasteiger charge is 2.29. The SMILES string of the molecule is CCC(C)C1=NN(c2ncccc2F)C(=O)C1. The zero-order valence-corrected chi connectivity index (χ0v) is 9.85. The molecule has 1 aromatic heterocycles. The first-order valence-corrected chi connectivity index (χ1v) is 5.64. The maximum Gasteiger partial charge on any atom is 0.254 e. The predicted molar refractivity (Wildman–Crippen MR) is 63.2 cm³/mol. The Bertz CT molecular complexity index is 473. The number of anilines is 1. The number of hydrogen-bond donors (Lipinski definition) is 0. The van der Waals surface area contributed by atoms with Crippen molar-refractivity contribution in [3.05, 3.63) is 24.1 Å². The number of carbonyl (C=O) groups excluding carboxylic acids is 1. The van der Waals surface area contributed by atoms with Crippen LogP contribution >= 0.6 is 0 Å². The fourth-order valence-electron chi connectivity index (χ4n) is 1.66. The summed E-state index contributed by atoms with van der Waals surface area (Å²) in [6.45, 7) is 4.03. The highest BCUT2D eigenvalue weighted by atomic mass is 19.1. The number of rotatable bonds is 3. The van der Waals surface area contributed by atoms with E-state index in [1.165, 1.54) is 18.3 Å². The first-order valence-electron chi connectivity index (χ1n) is 5.64. The van der Waals surface area contributed by atoms with Crippen molar-refractivity contribution in [2.75, 3.05) is 5.01 Å². The third-order valence-corrected chi connectivity index (χ3v) is 2.92. The Hall–Kier alpha value is -1.78. The normalized spacial score (nSPS) is 17.2. The fraction of sp³-hybridized carbons (Fsp3) is 0.417. The van der Waals surface area contributed by atoms with Gasteiger partial charge < -0.3 is 0 Å². The lowest BCUT2D eigenvalue weighted by atomic mass is 10.0. The quantitative estimate of drug-likeness (QED) is 0.807. The van der Waals surface area contributed by atoms with Crippen molar-refractivity contribution in [3.63, 3.8) is 0 Å². The molecule has 0 aromatic carbocycles. The first-order chi connectivity index (χ1) is 8.13. The van der Waals surface area contributed by atoms with Crippen LogP contribution in [0.4, 0.5) is 10.2 Å². The van der Waals surface area contributed by atoms with Crippen LogP contribution in [-0.4, -0.2) is 16.6 Å². The van der Waals surface area contributed by atoms with Crippen molar-refractivity contribution in [1.82, 2.24) is 4.98 Å². The Morgan fingerprint density at radius 2 is 2.35 bits per heavy atom. The molecular weight excluding hydrogens is 221 g/mol. The summed E-state index contributed by atoms with van der Waals surface area (Å²) in [6, 6.07) is 2.76. The molecule has 0 spiro atoms. The number of halogens is 1. The maximum absolute atomic E-state index is 13.5. The molecular formula is C12H14FN3O. The van der Waals surface area contributed by atoms with Gasteiger partial charge in [-0.1, -0.05) is 13.8 Å². The molecule has 1 amide bonds. The Balaban J connectivity index is 2.31. The Morgan fingerprint density at radius 3 is 3.00 bits per heavy atom. The van der Waals surface area contributed by atoms with E-state index in [2.05, 4.69) is 10.1 Å². The third-order valence-electron chi connectivity index (χ3n) is 2.92. The van der Waals surface area contributed by atoms with Crippen molar-refractivity contribution in [2.24, 2.45) is 11.0 Å². The van der Waals surface area contributed by atoms with E-state index in [1.54, 1.807) is 0 Å². The summed E-state index contributed by atoms with van der Waals surface area (Å²) in [5, 5.41) is 5.24. The van der Waals surface area contributed by atoms with E-state index in [1.807, 2.05) is 13.8 Å². The second kappa shape index (κ2) is 4.61. The Morgan fingerprint density at radius 1 is 1.59 bits per heavy atom. The van der Waals surface area contributed by atoms with Gasteiger partial charge in [0, 0.05) is 6.20 Å². The molecule has 0 radical (unpaired) electrons. The molecule has 0 fully saturated rings. The smallest absolute Gasteiger partial charge is 0.254 e. The molecule has 2 heterocycles. The predicted octanol–water partition coefficient (Wildman–Crippen LogP) is 2.36. The molecule has 5 heteroatoms. The Labute approximate surface area is 99.2 Å². The van der Waals surface area contributed by atoms with Gasteiger partial charge in [0.15, 0.2) is 11.6 Å². The lowest BCUT2D eigenvalue weighted by Gasteiger charge is -2.10. The summed E-state index contributed by atoms with van der Waals surface area (Å²) in [5.41, 5.74) is 0.794. The Kier molecular flexibility index (Phi) is 3.17. The van der Waals surface area contributed by atoms with E-state index in [0.29, 0.717) is 0 Å². The van der Waals surface area contributed by atoms with Gasteiger partial charge >= 0.3 is 0 Å². The largest absolute Gasteiger partial charge is 0.272 e. The van der Waals surface area contributed by atoms with Crippen LogP contribution in [-0.2, 0) is 4.79 Å². The molecule has 0 N–H and O–H groups in total. The van der Waals surface area contributed by atoms with Crippen molar-refractivity contribution in [1.29, 1.82) is 0 Å². The topological polar surface area (TPSA) is 45.6 Å². The van der Waals surface area contributed by atoms with Gasteiger partial charge in [-0.3, -0.25) is 4.79 Å². The van der Waals surface area contributed by atoms with Gasteiger partial charge in [-0.25, -0.2) is 9.37 Å². The molecule has 4 nitrogen and oxygen atoms in total. The highest BCUT2D eigenvalue weighted by molar-refractivity contribution is 6.13. The van der Waals surface area contributed by atoms with E-state index >= 15 is 0 Å². The molecule has 90 valence electrons. The molecule has 0 bridgehead atoms. The average molecular weight is 235 g/mol. The van der Waals surface area contributed by atoms with Crippen molar-refractivity contribution in [2.45, 2.75) is 26.7 Å². The first kappa shape index (κ1) is 11.7.